The zero-order valence-corrected chi connectivity index (χ0v) is 10.0. The molecule has 0 fully saturated rings. The lowest BCUT2D eigenvalue weighted by atomic mass is 10.2. The second kappa shape index (κ2) is 5.27. The number of nitrogens with one attached hydrogen (secondary N) is 1. The molecule has 1 N–H and O–H groups in total. The van der Waals surface area contributed by atoms with Gasteiger partial charge in [-0.25, -0.2) is 18.2 Å². The van der Waals surface area contributed by atoms with Gasteiger partial charge in [0.25, 0.3) is 5.91 Å². The first kappa shape index (κ1) is 13.4. The van der Waals surface area contributed by atoms with E-state index >= 15 is 0 Å². The maximum Gasteiger partial charge on any atom is 0.258 e. The average Bonchev–Trinajstić information content (AvgIpc) is 2.35. The summed E-state index contributed by atoms with van der Waals surface area (Å²) in [5.41, 5.74) is -0.489. The third-order valence-corrected chi connectivity index (χ3v) is 2.53. The summed E-state index contributed by atoms with van der Waals surface area (Å²) in [5, 5.41) is 1.93. The Morgan fingerprint density at radius 3 is 2.58 bits per heavy atom. The van der Waals surface area contributed by atoms with E-state index in [4.69, 9.17) is 11.6 Å². The second-order valence-corrected chi connectivity index (χ2v) is 3.93. The first-order valence-electron chi connectivity index (χ1n) is 5.05. The van der Waals surface area contributed by atoms with Gasteiger partial charge in [0.2, 0.25) is 0 Å². The first-order chi connectivity index (χ1) is 8.97. The number of hydrogen-bond donors (Lipinski definition) is 1. The summed E-state index contributed by atoms with van der Waals surface area (Å²) in [6.45, 7) is 0. The number of anilines is 1. The lowest BCUT2D eigenvalue weighted by molar-refractivity contribution is 0.102. The molecule has 0 aliphatic heterocycles. The topological polar surface area (TPSA) is 42.0 Å². The van der Waals surface area contributed by atoms with Crippen LogP contribution in [0.3, 0.4) is 0 Å². The summed E-state index contributed by atoms with van der Waals surface area (Å²) in [6, 6.07) is 3.50. The van der Waals surface area contributed by atoms with Crippen LogP contribution in [0.25, 0.3) is 0 Å². The van der Waals surface area contributed by atoms with Crippen LogP contribution in [0, 0.1) is 17.5 Å². The van der Waals surface area contributed by atoms with Crippen LogP contribution < -0.4 is 5.32 Å². The van der Waals surface area contributed by atoms with Gasteiger partial charge in [0.15, 0.2) is 0 Å². The maximum absolute atomic E-state index is 13.3. The van der Waals surface area contributed by atoms with Gasteiger partial charge in [0.05, 0.1) is 17.4 Å². The van der Waals surface area contributed by atoms with Gasteiger partial charge in [-0.2, -0.15) is 0 Å². The Bertz CT molecular complexity index is 649. The summed E-state index contributed by atoms with van der Waals surface area (Å²) < 4.78 is 39.0. The molecule has 2 rings (SSSR count). The van der Waals surface area contributed by atoms with Crippen LogP contribution in [0.4, 0.5) is 18.9 Å². The van der Waals surface area contributed by atoms with E-state index in [1.54, 1.807) is 0 Å². The number of pyridine rings is 1. The fourth-order valence-electron chi connectivity index (χ4n) is 1.36. The number of rotatable bonds is 2. The Morgan fingerprint density at radius 1 is 1.16 bits per heavy atom. The quantitative estimate of drug-likeness (QED) is 0.860. The van der Waals surface area contributed by atoms with Crippen molar-refractivity contribution in [3.63, 3.8) is 0 Å². The van der Waals surface area contributed by atoms with E-state index in [2.05, 4.69) is 10.3 Å². The Labute approximate surface area is 111 Å². The van der Waals surface area contributed by atoms with E-state index in [0.29, 0.717) is 6.07 Å². The molecule has 1 amide bonds. The van der Waals surface area contributed by atoms with Gasteiger partial charge in [0.1, 0.15) is 22.6 Å². The van der Waals surface area contributed by atoms with Crippen LogP contribution in [-0.4, -0.2) is 10.9 Å². The molecule has 0 atom stereocenters. The fourth-order valence-corrected chi connectivity index (χ4v) is 1.55. The van der Waals surface area contributed by atoms with Gasteiger partial charge in [-0.3, -0.25) is 4.79 Å². The van der Waals surface area contributed by atoms with Crippen molar-refractivity contribution in [1.29, 1.82) is 0 Å². The molecule has 3 nitrogen and oxygen atoms in total. The number of carbonyl (C=O) groups excluding carboxylic acids is 1. The largest absolute Gasteiger partial charge is 0.319 e. The molecule has 0 radical (unpaired) electrons. The lowest BCUT2D eigenvalue weighted by Crippen LogP contribution is -2.14. The van der Waals surface area contributed by atoms with E-state index < -0.39 is 23.4 Å². The highest BCUT2D eigenvalue weighted by Crippen LogP contribution is 2.19. The van der Waals surface area contributed by atoms with Crippen molar-refractivity contribution < 1.29 is 18.0 Å². The van der Waals surface area contributed by atoms with Crippen molar-refractivity contribution in [3.8, 4) is 0 Å². The minimum absolute atomic E-state index is 0.221. The zero-order valence-electron chi connectivity index (χ0n) is 9.25. The number of nitrogens with zero attached hydrogens (tertiary/aromatic N) is 1. The molecule has 1 aromatic heterocycles. The Balaban J connectivity index is 2.28. The molecular formula is C12H6ClF3N2O. The van der Waals surface area contributed by atoms with Gasteiger partial charge in [-0.05, 0) is 18.2 Å². The summed E-state index contributed by atoms with van der Waals surface area (Å²) in [6.07, 6.45) is 0.845. The highest BCUT2D eigenvalue weighted by atomic mass is 35.5. The molecule has 7 heteroatoms. The minimum atomic E-state index is -0.950. The SMILES string of the molecule is O=C(Nc1ccc(F)cc1F)c1cc(F)cnc1Cl. The van der Waals surface area contributed by atoms with Gasteiger partial charge < -0.3 is 5.32 Å². The molecule has 0 unspecified atom stereocenters. The predicted octanol–water partition coefficient (Wildman–Crippen LogP) is 3.40. The van der Waals surface area contributed by atoms with Gasteiger partial charge in [-0.1, -0.05) is 11.6 Å². The molecule has 0 bridgehead atoms. The third-order valence-electron chi connectivity index (χ3n) is 2.23. The number of amides is 1. The van der Waals surface area contributed by atoms with E-state index in [0.717, 1.165) is 24.4 Å². The second-order valence-electron chi connectivity index (χ2n) is 3.57. The Kier molecular flexibility index (Phi) is 3.71. The predicted molar refractivity (Wildman–Crippen MR) is 63.5 cm³/mol. The molecular weight excluding hydrogens is 281 g/mol. The average molecular weight is 287 g/mol. The van der Waals surface area contributed by atoms with Crippen LogP contribution in [0.15, 0.2) is 30.5 Å². The van der Waals surface area contributed by atoms with Crippen LogP contribution in [-0.2, 0) is 0 Å². The summed E-state index contributed by atoms with van der Waals surface area (Å²) in [5.74, 6) is -3.33. The van der Waals surface area contributed by atoms with E-state index in [1.165, 1.54) is 0 Å². The molecule has 0 spiro atoms. The molecule has 0 aliphatic rings. The summed E-state index contributed by atoms with van der Waals surface area (Å²) in [4.78, 5) is 15.2. The van der Waals surface area contributed by atoms with Gasteiger partial charge in [0, 0.05) is 6.07 Å². The van der Waals surface area contributed by atoms with Crippen LogP contribution in [0.2, 0.25) is 5.15 Å². The Hall–Kier alpha value is -2.08. The standard InChI is InChI=1S/C12H6ClF3N2O/c13-11-8(3-7(15)5-17-11)12(19)18-10-2-1-6(14)4-9(10)16/h1-5H,(H,18,19). The highest BCUT2D eigenvalue weighted by Gasteiger charge is 2.15. The third kappa shape index (κ3) is 3.03. The zero-order chi connectivity index (χ0) is 14.0. The van der Waals surface area contributed by atoms with Crippen LogP contribution in [0.5, 0.6) is 0 Å². The Morgan fingerprint density at radius 2 is 1.89 bits per heavy atom. The van der Waals surface area contributed by atoms with E-state index in [9.17, 15) is 18.0 Å². The molecule has 2 aromatic rings. The summed E-state index contributed by atoms with van der Waals surface area (Å²) in [7, 11) is 0. The van der Waals surface area contributed by atoms with Crippen molar-refractivity contribution in [1.82, 2.24) is 4.98 Å². The molecule has 98 valence electrons. The van der Waals surface area contributed by atoms with Crippen molar-refractivity contribution in [2.45, 2.75) is 0 Å². The smallest absolute Gasteiger partial charge is 0.258 e. The van der Waals surface area contributed by atoms with Crippen LogP contribution in [0.1, 0.15) is 10.4 Å². The number of halogens is 4. The van der Waals surface area contributed by atoms with Crippen molar-refractivity contribution in [2.24, 2.45) is 0 Å². The maximum atomic E-state index is 13.3. The molecule has 1 aromatic carbocycles. The molecule has 19 heavy (non-hydrogen) atoms. The van der Waals surface area contributed by atoms with Gasteiger partial charge >= 0.3 is 0 Å². The monoisotopic (exact) mass is 286 g/mol. The van der Waals surface area contributed by atoms with E-state index in [-0.39, 0.29) is 16.4 Å². The summed E-state index contributed by atoms with van der Waals surface area (Å²) >= 11 is 5.63. The highest BCUT2D eigenvalue weighted by molar-refractivity contribution is 6.33. The minimum Gasteiger partial charge on any atom is -0.319 e. The molecule has 0 saturated heterocycles. The molecule has 1 heterocycles. The number of carbonyl (C=O) groups is 1. The van der Waals surface area contributed by atoms with Crippen molar-refractivity contribution >= 4 is 23.2 Å². The van der Waals surface area contributed by atoms with Crippen molar-refractivity contribution in [3.05, 3.63) is 58.6 Å². The van der Waals surface area contributed by atoms with Gasteiger partial charge in [-0.15, -0.1) is 0 Å². The van der Waals surface area contributed by atoms with Crippen molar-refractivity contribution in [2.75, 3.05) is 5.32 Å². The lowest BCUT2D eigenvalue weighted by Gasteiger charge is -2.07. The molecule has 0 aliphatic carbocycles. The molecule has 0 saturated carbocycles. The van der Waals surface area contributed by atoms with E-state index in [1.807, 2.05) is 0 Å². The number of hydrogen-bond acceptors (Lipinski definition) is 2. The fraction of sp³-hybridized carbons (Fsp3) is 0. The first-order valence-corrected chi connectivity index (χ1v) is 5.42. The van der Waals surface area contributed by atoms with Crippen LogP contribution >= 0.6 is 11.6 Å². The number of benzene rings is 1. The normalized spacial score (nSPS) is 10.3. The number of aromatic nitrogens is 1.